The van der Waals surface area contributed by atoms with Crippen molar-refractivity contribution in [3.63, 3.8) is 0 Å². The van der Waals surface area contributed by atoms with Gasteiger partial charge in [0.25, 0.3) is 5.91 Å². The minimum absolute atomic E-state index is 0.129. The van der Waals surface area contributed by atoms with E-state index in [9.17, 15) is 9.59 Å². The molecule has 2 aromatic rings. The number of carbonyl (C=O) groups is 2. The Kier molecular flexibility index (Phi) is 9.04. The van der Waals surface area contributed by atoms with E-state index in [-0.39, 0.29) is 31.0 Å². The molecule has 2 aromatic carbocycles. The number of nitrogens with zero attached hydrogens (tertiary/aromatic N) is 1. The number of hydrogen-bond acceptors (Lipinski definition) is 3. The molecular weight excluding hydrogens is 459 g/mol. The van der Waals surface area contributed by atoms with Crippen molar-refractivity contribution in [1.82, 2.24) is 10.2 Å². The van der Waals surface area contributed by atoms with Crippen LogP contribution in [0.5, 0.6) is 5.75 Å². The zero-order chi connectivity index (χ0) is 24.0. The van der Waals surface area contributed by atoms with Crippen LogP contribution in [0.1, 0.15) is 55.7 Å². The van der Waals surface area contributed by atoms with Crippen molar-refractivity contribution < 1.29 is 14.3 Å². The van der Waals surface area contributed by atoms with E-state index in [1.165, 1.54) is 0 Å². The normalized spacial score (nSPS) is 14.7. The maximum absolute atomic E-state index is 13.4. The first-order valence-corrected chi connectivity index (χ1v) is 12.3. The van der Waals surface area contributed by atoms with Crippen LogP contribution in [0.15, 0.2) is 36.4 Å². The van der Waals surface area contributed by atoms with Gasteiger partial charge in [0.1, 0.15) is 11.8 Å². The van der Waals surface area contributed by atoms with Gasteiger partial charge in [0, 0.05) is 28.2 Å². The van der Waals surface area contributed by atoms with Crippen molar-refractivity contribution in [2.75, 3.05) is 6.61 Å². The zero-order valence-electron chi connectivity index (χ0n) is 19.5. The van der Waals surface area contributed by atoms with Gasteiger partial charge in [-0.25, -0.2) is 0 Å². The minimum Gasteiger partial charge on any atom is -0.483 e. The number of aryl methyl sites for hydroxylation is 2. The lowest BCUT2D eigenvalue weighted by Crippen LogP contribution is -2.52. The third-order valence-electron chi connectivity index (χ3n) is 6.17. The van der Waals surface area contributed by atoms with Crippen LogP contribution in [-0.4, -0.2) is 35.4 Å². The van der Waals surface area contributed by atoms with Crippen molar-refractivity contribution >= 4 is 35.0 Å². The molecule has 0 bridgehead atoms. The number of amides is 2. The van der Waals surface area contributed by atoms with Gasteiger partial charge in [-0.15, -0.1) is 0 Å². The predicted molar refractivity (Wildman–Crippen MR) is 133 cm³/mol. The highest BCUT2D eigenvalue weighted by atomic mass is 35.5. The highest BCUT2D eigenvalue weighted by molar-refractivity contribution is 6.36. The monoisotopic (exact) mass is 490 g/mol. The van der Waals surface area contributed by atoms with E-state index in [0.29, 0.717) is 27.8 Å². The molecule has 0 aliphatic heterocycles. The molecule has 5 nitrogen and oxygen atoms in total. The molecule has 1 aliphatic carbocycles. The van der Waals surface area contributed by atoms with E-state index in [1.54, 1.807) is 23.1 Å². The van der Waals surface area contributed by atoms with Crippen molar-refractivity contribution in [3.05, 3.63) is 63.1 Å². The first-order valence-electron chi connectivity index (χ1n) is 11.5. The van der Waals surface area contributed by atoms with Crippen LogP contribution < -0.4 is 10.1 Å². The van der Waals surface area contributed by atoms with Gasteiger partial charge in [0.05, 0.1) is 0 Å². The number of nitrogens with one attached hydrogen (secondary N) is 1. The Balaban J connectivity index is 1.83. The summed E-state index contributed by atoms with van der Waals surface area (Å²) in [5.74, 6) is 0.218. The molecule has 7 heteroatoms. The fourth-order valence-electron chi connectivity index (χ4n) is 4.23. The molecule has 0 spiro atoms. The number of ether oxygens (including phenoxy) is 1. The van der Waals surface area contributed by atoms with Crippen LogP contribution in [0.25, 0.3) is 0 Å². The molecule has 0 heterocycles. The maximum atomic E-state index is 13.4. The summed E-state index contributed by atoms with van der Waals surface area (Å²) in [4.78, 5) is 28.2. The van der Waals surface area contributed by atoms with E-state index in [0.717, 1.165) is 36.8 Å². The molecule has 3 rings (SSSR count). The van der Waals surface area contributed by atoms with Crippen LogP contribution in [-0.2, 0) is 16.1 Å². The summed E-state index contributed by atoms with van der Waals surface area (Å²) in [7, 11) is 0. The van der Waals surface area contributed by atoms with E-state index < -0.39 is 6.04 Å². The number of benzene rings is 2. The minimum atomic E-state index is -0.646. The number of hydrogen-bond donors (Lipinski definition) is 1. The molecule has 1 atom stereocenters. The van der Waals surface area contributed by atoms with Gasteiger partial charge in [-0.3, -0.25) is 9.59 Å². The van der Waals surface area contributed by atoms with Crippen LogP contribution >= 0.6 is 23.2 Å². The van der Waals surface area contributed by atoms with Gasteiger partial charge < -0.3 is 15.0 Å². The fourth-order valence-corrected chi connectivity index (χ4v) is 4.74. The van der Waals surface area contributed by atoms with Gasteiger partial charge in [-0.2, -0.15) is 0 Å². The van der Waals surface area contributed by atoms with Crippen LogP contribution in [0.2, 0.25) is 10.0 Å². The number of carbonyl (C=O) groups excluding carboxylic acids is 2. The summed E-state index contributed by atoms with van der Waals surface area (Å²) in [6, 6.07) is 10.6. The molecule has 0 saturated heterocycles. The Morgan fingerprint density at radius 3 is 2.42 bits per heavy atom. The van der Waals surface area contributed by atoms with Crippen LogP contribution in [0.4, 0.5) is 0 Å². The largest absolute Gasteiger partial charge is 0.483 e. The molecule has 33 heavy (non-hydrogen) atoms. The average molecular weight is 491 g/mol. The second-order valence-electron chi connectivity index (χ2n) is 8.69. The quantitative estimate of drug-likeness (QED) is 0.479. The van der Waals surface area contributed by atoms with Gasteiger partial charge in [-0.05, 0) is 62.4 Å². The molecule has 1 fully saturated rings. The number of halogens is 2. The molecule has 0 aromatic heterocycles. The standard InChI is InChI=1S/C26H32Cl2N2O3/c1-4-23(26(32)29-19-8-5-6-9-19)30(15-20-21(27)10-7-11-22(20)28)25(31)16-33-24-14-17(2)12-13-18(24)3/h7,10-14,19,23H,4-6,8-9,15-16H2,1-3H3,(H,29,32). The highest BCUT2D eigenvalue weighted by Crippen LogP contribution is 2.28. The molecule has 178 valence electrons. The summed E-state index contributed by atoms with van der Waals surface area (Å²) in [6.45, 7) is 5.76. The van der Waals surface area contributed by atoms with E-state index >= 15 is 0 Å². The molecule has 0 radical (unpaired) electrons. The summed E-state index contributed by atoms with van der Waals surface area (Å²) < 4.78 is 5.88. The molecular formula is C26H32Cl2N2O3. The number of rotatable bonds is 9. The van der Waals surface area contributed by atoms with E-state index in [1.807, 2.05) is 39.0 Å². The Bertz CT molecular complexity index is 969. The average Bonchev–Trinajstić information content (AvgIpc) is 3.29. The first kappa shape index (κ1) is 25.4. The van der Waals surface area contributed by atoms with Crippen LogP contribution in [0, 0.1) is 13.8 Å². The molecule has 1 N–H and O–H groups in total. The second kappa shape index (κ2) is 11.8. The zero-order valence-corrected chi connectivity index (χ0v) is 21.0. The van der Waals surface area contributed by atoms with Crippen molar-refractivity contribution in [2.24, 2.45) is 0 Å². The Morgan fingerprint density at radius 1 is 1.12 bits per heavy atom. The van der Waals surface area contributed by atoms with Crippen molar-refractivity contribution in [1.29, 1.82) is 0 Å². The topological polar surface area (TPSA) is 58.6 Å². The molecule has 1 aliphatic rings. The third-order valence-corrected chi connectivity index (χ3v) is 6.88. The second-order valence-corrected chi connectivity index (χ2v) is 9.51. The summed E-state index contributed by atoms with van der Waals surface area (Å²) in [5.41, 5.74) is 2.61. The Labute approximate surface area is 206 Å². The SMILES string of the molecule is CCC(C(=O)NC1CCCC1)N(Cc1c(Cl)cccc1Cl)C(=O)COc1cc(C)ccc1C. The van der Waals surface area contributed by atoms with E-state index in [4.69, 9.17) is 27.9 Å². The summed E-state index contributed by atoms with van der Waals surface area (Å²) in [5, 5.41) is 4.05. The van der Waals surface area contributed by atoms with Crippen molar-refractivity contribution in [2.45, 2.75) is 71.5 Å². The summed E-state index contributed by atoms with van der Waals surface area (Å²) >= 11 is 12.8. The molecule has 1 unspecified atom stereocenters. The lowest BCUT2D eigenvalue weighted by atomic mass is 10.1. The van der Waals surface area contributed by atoms with Gasteiger partial charge in [0.2, 0.25) is 5.91 Å². The Morgan fingerprint density at radius 2 is 1.79 bits per heavy atom. The fraction of sp³-hybridized carbons (Fsp3) is 0.462. The van der Waals surface area contributed by atoms with Crippen molar-refractivity contribution in [3.8, 4) is 5.75 Å². The highest BCUT2D eigenvalue weighted by Gasteiger charge is 2.31. The van der Waals surface area contributed by atoms with Crippen LogP contribution in [0.3, 0.4) is 0 Å². The lowest BCUT2D eigenvalue weighted by molar-refractivity contribution is -0.143. The smallest absolute Gasteiger partial charge is 0.261 e. The first-order chi connectivity index (χ1) is 15.8. The van der Waals surface area contributed by atoms with E-state index in [2.05, 4.69) is 5.32 Å². The van der Waals surface area contributed by atoms with Gasteiger partial charge >= 0.3 is 0 Å². The maximum Gasteiger partial charge on any atom is 0.261 e. The third kappa shape index (κ3) is 6.64. The predicted octanol–water partition coefficient (Wildman–Crippen LogP) is 5.86. The van der Waals surface area contributed by atoms with Gasteiger partial charge in [0.15, 0.2) is 6.61 Å². The van der Waals surface area contributed by atoms with Gasteiger partial charge in [-0.1, -0.05) is 61.2 Å². The lowest BCUT2D eigenvalue weighted by Gasteiger charge is -2.32. The molecule has 2 amide bonds. The summed E-state index contributed by atoms with van der Waals surface area (Å²) in [6.07, 6.45) is 4.65. The Hall–Kier alpha value is -2.24. The molecule has 1 saturated carbocycles.